The zero-order chi connectivity index (χ0) is 20.3. The second-order valence-corrected chi connectivity index (χ2v) is 6.19. The van der Waals surface area contributed by atoms with Crippen LogP contribution in [0.15, 0.2) is 29.3 Å². The first-order valence-corrected chi connectivity index (χ1v) is 8.68. The Hall–Kier alpha value is -3.26. The summed E-state index contributed by atoms with van der Waals surface area (Å²) in [7, 11) is 4.71. The van der Waals surface area contributed by atoms with Gasteiger partial charge in [0.05, 0.1) is 42.9 Å². The molecule has 0 aliphatic heterocycles. The van der Waals surface area contributed by atoms with Gasteiger partial charge in [0.2, 0.25) is 11.7 Å². The molecule has 0 fully saturated rings. The molecule has 1 aromatic heterocycles. The second-order valence-electron chi connectivity index (χ2n) is 5.81. The third-order valence-corrected chi connectivity index (χ3v) is 4.49. The van der Waals surface area contributed by atoms with Crippen LogP contribution in [-0.2, 0) is 6.42 Å². The van der Waals surface area contributed by atoms with Crippen LogP contribution in [-0.4, -0.2) is 37.5 Å². The lowest BCUT2D eigenvalue weighted by Crippen LogP contribution is -2.00. The number of hydrogen-bond donors (Lipinski definition) is 2. The summed E-state index contributed by atoms with van der Waals surface area (Å²) in [6, 6.07) is 7.23. The first-order valence-electron chi connectivity index (χ1n) is 8.31. The van der Waals surface area contributed by atoms with Crippen LogP contribution in [0.25, 0.3) is 10.9 Å². The van der Waals surface area contributed by atoms with E-state index >= 15 is 0 Å². The molecule has 4 N–H and O–H groups in total. The number of anilines is 2. The lowest BCUT2D eigenvalue weighted by atomic mass is 10.1. The van der Waals surface area contributed by atoms with E-state index in [0.717, 1.165) is 5.56 Å². The van der Waals surface area contributed by atoms with Gasteiger partial charge in [-0.15, -0.1) is 0 Å². The maximum atomic E-state index is 6.44. The van der Waals surface area contributed by atoms with Gasteiger partial charge in [-0.1, -0.05) is 11.6 Å². The number of benzene rings is 2. The Kier molecular flexibility index (Phi) is 5.70. The average molecular weight is 402 g/mol. The van der Waals surface area contributed by atoms with Gasteiger partial charge in [0, 0.05) is 12.6 Å². The van der Waals surface area contributed by atoms with Crippen molar-refractivity contribution in [2.75, 3.05) is 32.8 Å². The zero-order valence-corrected chi connectivity index (χ0v) is 16.4. The molecule has 0 amide bonds. The molecular formula is C19H20ClN5O3. The summed E-state index contributed by atoms with van der Waals surface area (Å²) in [4.78, 5) is 12.5. The quantitative estimate of drug-likeness (QED) is 0.607. The van der Waals surface area contributed by atoms with E-state index < -0.39 is 0 Å². The van der Waals surface area contributed by atoms with Crippen molar-refractivity contribution in [2.24, 2.45) is 4.99 Å². The summed E-state index contributed by atoms with van der Waals surface area (Å²) in [5.41, 5.74) is 13.6. The molecule has 3 aromatic rings. The number of methoxy groups -OCH3 is 3. The number of nitrogens with two attached hydrogens (primary N) is 2. The predicted molar refractivity (Wildman–Crippen MR) is 111 cm³/mol. The van der Waals surface area contributed by atoms with Crippen LogP contribution < -0.4 is 25.7 Å². The lowest BCUT2D eigenvalue weighted by Gasteiger charge is -2.13. The van der Waals surface area contributed by atoms with Crippen LogP contribution in [0, 0.1) is 0 Å². The highest BCUT2D eigenvalue weighted by Gasteiger charge is 2.13. The van der Waals surface area contributed by atoms with Crippen molar-refractivity contribution < 1.29 is 14.2 Å². The average Bonchev–Trinajstić information content (AvgIpc) is 2.68. The van der Waals surface area contributed by atoms with Gasteiger partial charge in [-0.25, -0.2) is 4.98 Å². The fourth-order valence-corrected chi connectivity index (χ4v) is 3.13. The summed E-state index contributed by atoms with van der Waals surface area (Å²) in [6.07, 6.45) is 2.26. The number of rotatable bonds is 6. The van der Waals surface area contributed by atoms with Crippen LogP contribution in [0.2, 0.25) is 5.02 Å². The molecule has 0 saturated carbocycles. The number of fused-ring (bicyclic) bond motifs is 1. The Labute approximate surface area is 167 Å². The van der Waals surface area contributed by atoms with Gasteiger partial charge in [0.1, 0.15) is 5.82 Å². The van der Waals surface area contributed by atoms with E-state index in [4.69, 9.17) is 37.3 Å². The maximum absolute atomic E-state index is 6.44. The summed E-state index contributed by atoms with van der Waals surface area (Å²) < 4.78 is 16.1. The van der Waals surface area contributed by atoms with Crippen molar-refractivity contribution >= 4 is 46.2 Å². The van der Waals surface area contributed by atoms with E-state index in [1.165, 1.54) is 0 Å². The van der Waals surface area contributed by atoms with E-state index in [2.05, 4.69) is 15.0 Å². The molecule has 0 saturated heterocycles. The molecule has 0 aliphatic rings. The minimum absolute atomic E-state index is 0.0970. The topological polar surface area (TPSA) is 118 Å². The molecular weight excluding hydrogens is 382 g/mol. The highest BCUT2D eigenvalue weighted by atomic mass is 35.5. The van der Waals surface area contributed by atoms with Gasteiger partial charge in [0.25, 0.3) is 0 Å². The Balaban J connectivity index is 1.90. The predicted octanol–water partition coefficient (Wildman–Crippen LogP) is 3.42. The SMILES string of the molecule is COc1cc(CC=Nc2ccc3nc(N)nc(N)c3c2Cl)cc(OC)c1OC. The van der Waals surface area contributed by atoms with Crippen molar-refractivity contribution in [3.8, 4) is 17.2 Å². The molecule has 3 rings (SSSR count). The fourth-order valence-electron chi connectivity index (χ4n) is 2.82. The first-order chi connectivity index (χ1) is 13.5. The summed E-state index contributed by atoms with van der Waals surface area (Å²) in [6.45, 7) is 0. The molecule has 28 heavy (non-hydrogen) atoms. The van der Waals surface area contributed by atoms with Crippen LogP contribution in [0.3, 0.4) is 0 Å². The van der Waals surface area contributed by atoms with Gasteiger partial charge in [-0.05, 0) is 29.8 Å². The van der Waals surface area contributed by atoms with E-state index in [-0.39, 0.29) is 11.8 Å². The van der Waals surface area contributed by atoms with Gasteiger partial charge in [0.15, 0.2) is 11.5 Å². The summed E-state index contributed by atoms with van der Waals surface area (Å²) >= 11 is 6.44. The van der Waals surface area contributed by atoms with Crippen molar-refractivity contribution in [1.29, 1.82) is 0 Å². The highest BCUT2D eigenvalue weighted by Crippen LogP contribution is 2.38. The monoisotopic (exact) mass is 401 g/mol. The van der Waals surface area contributed by atoms with Crippen molar-refractivity contribution in [1.82, 2.24) is 9.97 Å². The minimum atomic E-state index is 0.0970. The summed E-state index contributed by atoms with van der Waals surface area (Å²) in [5.74, 6) is 2.01. The second kappa shape index (κ2) is 8.18. The van der Waals surface area contributed by atoms with E-state index in [1.807, 2.05) is 12.1 Å². The van der Waals surface area contributed by atoms with Crippen LogP contribution >= 0.6 is 11.6 Å². The Morgan fingerprint density at radius 3 is 2.32 bits per heavy atom. The smallest absolute Gasteiger partial charge is 0.222 e. The van der Waals surface area contributed by atoms with Crippen molar-refractivity contribution in [3.05, 3.63) is 34.9 Å². The number of nitrogens with zero attached hydrogens (tertiary/aromatic N) is 3. The van der Waals surface area contributed by atoms with Crippen LogP contribution in [0.5, 0.6) is 17.2 Å². The summed E-state index contributed by atoms with van der Waals surface area (Å²) in [5, 5.41) is 0.898. The molecule has 1 heterocycles. The third-order valence-electron chi connectivity index (χ3n) is 4.11. The van der Waals surface area contributed by atoms with Crippen molar-refractivity contribution in [2.45, 2.75) is 6.42 Å². The molecule has 9 heteroatoms. The highest BCUT2D eigenvalue weighted by molar-refractivity contribution is 6.38. The maximum Gasteiger partial charge on any atom is 0.222 e. The Morgan fingerprint density at radius 2 is 1.71 bits per heavy atom. The number of nitrogen functional groups attached to an aromatic ring is 2. The molecule has 0 spiro atoms. The lowest BCUT2D eigenvalue weighted by molar-refractivity contribution is 0.324. The number of aliphatic imine (C=N–C) groups is 1. The number of ether oxygens (including phenoxy) is 3. The fraction of sp³-hybridized carbons (Fsp3) is 0.211. The Bertz CT molecular complexity index is 1030. The van der Waals surface area contributed by atoms with E-state index in [1.54, 1.807) is 39.7 Å². The normalized spacial score (nSPS) is 11.1. The van der Waals surface area contributed by atoms with E-state index in [9.17, 15) is 0 Å². The van der Waals surface area contributed by atoms with Gasteiger partial charge in [-0.2, -0.15) is 4.98 Å². The van der Waals surface area contributed by atoms with Crippen LogP contribution in [0.4, 0.5) is 17.5 Å². The van der Waals surface area contributed by atoms with Gasteiger partial charge in [-0.3, -0.25) is 4.99 Å². The molecule has 0 radical (unpaired) electrons. The Morgan fingerprint density at radius 1 is 1.04 bits per heavy atom. The molecule has 8 nitrogen and oxygen atoms in total. The minimum Gasteiger partial charge on any atom is -0.493 e. The van der Waals surface area contributed by atoms with E-state index in [0.29, 0.717) is 45.3 Å². The first kappa shape index (κ1) is 19.5. The largest absolute Gasteiger partial charge is 0.493 e. The van der Waals surface area contributed by atoms with Gasteiger partial charge >= 0.3 is 0 Å². The van der Waals surface area contributed by atoms with Gasteiger partial charge < -0.3 is 25.7 Å². The third kappa shape index (κ3) is 3.72. The molecule has 0 bridgehead atoms. The number of halogens is 1. The zero-order valence-electron chi connectivity index (χ0n) is 15.7. The molecule has 0 unspecified atom stereocenters. The number of aromatic nitrogens is 2. The van der Waals surface area contributed by atoms with Crippen LogP contribution in [0.1, 0.15) is 5.56 Å². The standard InChI is InChI=1S/C19H20ClN5O3/c1-26-13-8-10(9-14(27-2)17(13)28-3)6-7-23-12-5-4-11-15(16(12)20)18(21)25-19(22)24-11/h4-5,7-9H,6H2,1-3H3,(H4,21,22,24,25). The molecule has 0 atom stereocenters. The van der Waals surface area contributed by atoms with Crippen molar-refractivity contribution in [3.63, 3.8) is 0 Å². The number of hydrogen-bond acceptors (Lipinski definition) is 8. The molecule has 146 valence electrons. The molecule has 2 aromatic carbocycles. The molecule has 0 aliphatic carbocycles.